The molecule has 1 aliphatic carbocycles. The van der Waals surface area contributed by atoms with E-state index < -0.39 is 0 Å². The van der Waals surface area contributed by atoms with Gasteiger partial charge in [-0.2, -0.15) is 0 Å². The third-order valence-electron chi connectivity index (χ3n) is 4.03. The van der Waals surface area contributed by atoms with E-state index in [4.69, 9.17) is 4.74 Å². The molecule has 1 aromatic rings. The first kappa shape index (κ1) is 14.6. The molecule has 2 nitrogen and oxygen atoms in total. The monoisotopic (exact) mass is 324 g/mol. The van der Waals surface area contributed by atoms with Gasteiger partial charge in [-0.25, -0.2) is 0 Å². The van der Waals surface area contributed by atoms with Crippen LogP contribution in [0.5, 0.6) is 5.75 Å². The third-order valence-corrected chi connectivity index (χ3v) is 4.81. The molecule has 0 fully saturated rings. The number of ether oxygens (including phenoxy) is 1. The van der Waals surface area contributed by atoms with Gasteiger partial charge in [0.2, 0.25) is 0 Å². The largest absolute Gasteiger partial charge is 0.496 e. The van der Waals surface area contributed by atoms with Crippen LogP contribution in [0.25, 0.3) is 0 Å². The van der Waals surface area contributed by atoms with E-state index in [2.05, 4.69) is 22.9 Å². The van der Waals surface area contributed by atoms with E-state index in [1.807, 2.05) is 12.1 Å². The van der Waals surface area contributed by atoms with Crippen LogP contribution in [0.1, 0.15) is 47.7 Å². The van der Waals surface area contributed by atoms with Crippen LogP contribution in [0, 0.1) is 5.92 Å². The molecule has 0 amide bonds. The fourth-order valence-electron chi connectivity index (χ4n) is 2.84. The summed E-state index contributed by atoms with van der Waals surface area (Å²) < 4.78 is 5.44. The van der Waals surface area contributed by atoms with Crippen molar-refractivity contribution in [3.05, 3.63) is 28.8 Å². The molecule has 0 N–H and O–H groups in total. The van der Waals surface area contributed by atoms with E-state index in [1.165, 1.54) is 24.0 Å². The second-order valence-corrected chi connectivity index (χ2v) is 5.75. The van der Waals surface area contributed by atoms with Crippen molar-refractivity contribution in [3.8, 4) is 5.75 Å². The van der Waals surface area contributed by atoms with Gasteiger partial charge in [0.05, 0.1) is 7.11 Å². The number of hydrogen-bond acceptors (Lipinski definition) is 2. The van der Waals surface area contributed by atoms with Gasteiger partial charge in [-0.1, -0.05) is 22.9 Å². The molecule has 0 spiro atoms. The summed E-state index contributed by atoms with van der Waals surface area (Å²) in [7, 11) is 1.71. The second kappa shape index (κ2) is 6.56. The fourth-order valence-corrected chi connectivity index (χ4v) is 3.59. The molecule has 0 aromatic heterocycles. The van der Waals surface area contributed by atoms with Crippen LogP contribution in [0.3, 0.4) is 0 Å². The van der Waals surface area contributed by atoms with Gasteiger partial charge >= 0.3 is 0 Å². The molecule has 0 saturated carbocycles. The summed E-state index contributed by atoms with van der Waals surface area (Å²) in [4.78, 5) is 12.6. The first-order valence-corrected chi connectivity index (χ1v) is 8.14. The molecule has 0 bridgehead atoms. The van der Waals surface area contributed by atoms with Gasteiger partial charge in [0.15, 0.2) is 5.78 Å². The topological polar surface area (TPSA) is 26.3 Å². The van der Waals surface area contributed by atoms with Crippen molar-refractivity contribution >= 4 is 21.7 Å². The molecule has 0 saturated heterocycles. The maximum atomic E-state index is 12.6. The number of ketones is 1. The third kappa shape index (κ3) is 2.86. The minimum atomic E-state index is 0.0828. The number of halogens is 1. The van der Waals surface area contributed by atoms with Crippen LogP contribution in [0.15, 0.2) is 12.1 Å². The highest BCUT2D eigenvalue weighted by Crippen LogP contribution is 2.33. The molecular formula is C16H21BrO2. The molecule has 0 radical (unpaired) electrons. The second-order valence-electron chi connectivity index (χ2n) is 5.10. The van der Waals surface area contributed by atoms with Crippen molar-refractivity contribution < 1.29 is 9.53 Å². The molecule has 1 atom stereocenters. The summed E-state index contributed by atoms with van der Waals surface area (Å²) in [5.74, 6) is 1.30. The SMILES string of the molecule is CCC(CBr)C(=O)c1ccc(OC)c2c1CCCC2. The standard InChI is InChI=1S/C16H21BrO2/c1-3-11(10-17)16(18)14-8-9-15(19-2)13-7-5-4-6-12(13)14/h8-9,11H,3-7,10H2,1-2H3. The fraction of sp³-hybridized carbons (Fsp3) is 0.562. The quantitative estimate of drug-likeness (QED) is 0.600. The highest BCUT2D eigenvalue weighted by molar-refractivity contribution is 9.09. The zero-order valence-electron chi connectivity index (χ0n) is 11.7. The molecule has 1 aliphatic rings. The number of carbonyl (C=O) groups is 1. The first-order valence-electron chi connectivity index (χ1n) is 7.01. The predicted octanol–water partition coefficient (Wildman–Crippen LogP) is 4.18. The van der Waals surface area contributed by atoms with Crippen molar-refractivity contribution in [2.24, 2.45) is 5.92 Å². The molecule has 1 unspecified atom stereocenters. The Morgan fingerprint density at radius 3 is 2.58 bits per heavy atom. The van der Waals surface area contributed by atoms with Crippen LogP contribution in [0.4, 0.5) is 0 Å². The van der Waals surface area contributed by atoms with E-state index >= 15 is 0 Å². The Morgan fingerprint density at radius 2 is 2.00 bits per heavy atom. The predicted molar refractivity (Wildman–Crippen MR) is 81.5 cm³/mol. The van der Waals surface area contributed by atoms with Gasteiger partial charge in [-0.05, 0) is 55.4 Å². The van der Waals surface area contributed by atoms with E-state index in [-0.39, 0.29) is 11.7 Å². The molecular weight excluding hydrogens is 304 g/mol. The normalized spacial score (nSPS) is 15.7. The molecule has 0 heterocycles. The molecule has 104 valence electrons. The van der Waals surface area contributed by atoms with Crippen molar-refractivity contribution in [3.63, 3.8) is 0 Å². The van der Waals surface area contributed by atoms with Crippen molar-refractivity contribution in [1.82, 2.24) is 0 Å². The number of Topliss-reactive ketones (excluding diaryl/α,β-unsaturated/α-hetero) is 1. The lowest BCUT2D eigenvalue weighted by Gasteiger charge is -2.23. The highest BCUT2D eigenvalue weighted by Gasteiger charge is 2.24. The summed E-state index contributed by atoms with van der Waals surface area (Å²) in [6, 6.07) is 3.91. The number of carbonyl (C=O) groups excluding carboxylic acids is 1. The Labute approximate surface area is 123 Å². The summed E-state index contributed by atoms with van der Waals surface area (Å²) in [6.45, 7) is 2.07. The molecule has 3 heteroatoms. The van der Waals surface area contributed by atoms with Gasteiger partial charge in [0.25, 0.3) is 0 Å². The summed E-state index contributed by atoms with van der Waals surface area (Å²) >= 11 is 3.45. The molecule has 0 aliphatic heterocycles. The Morgan fingerprint density at radius 1 is 1.32 bits per heavy atom. The van der Waals surface area contributed by atoms with Crippen molar-refractivity contribution in [1.29, 1.82) is 0 Å². The van der Waals surface area contributed by atoms with Crippen LogP contribution in [-0.4, -0.2) is 18.2 Å². The smallest absolute Gasteiger partial charge is 0.167 e. The van der Waals surface area contributed by atoms with E-state index in [0.29, 0.717) is 0 Å². The lowest BCUT2D eigenvalue weighted by atomic mass is 9.84. The number of hydrogen-bond donors (Lipinski definition) is 0. The van der Waals surface area contributed by atoms with Crippen LogP contribution < -0.4 is 4.74 Å². The summed E-state index contributed by atoms with van der Waals surface area (Å²) in [5.41, 5.74) is 3.40. The van der Waals surface area contributed by atoms with Gasteiger partial charge in [-0.3, -0.25) is 4.79 Å². The zero-order valence-corrected chi connectivity index (χ0v) is 13.3. The summed E-state index contributed by atoms with van der Waals surface area (Å²) in [5, 5.41) is 0.739. The van der Waals surface area contributed by atoms with Gasteiger partial charge in [-0.15, -0.1) is 0 Å². The van der Waals surface area contributed by atoms with Crippen LogP contribution in [0.2, 0.25) is 0 Å². The van der Waals surface area contributed by atoms with E-state index in [1.54, 1.807) is 7.11 Å². The van der Waals surface area contributed by atoms with E-state index in [0.717, 1.165) is 35.9 Å². The number of alkyl halides is 1. The average Bonchev–Trinajstić information content (AvgIpc) is 2.47. The van der Waals surface area contributed by atoms with Crippen LogP contribution in [-0.2, 0) is 12.8 Å². The lowest BCUT2D eigenvalue weighted by Crippen LogP contribution is -2.19. The Hall–Kier alpha value is -0.830. The maximum Gasteiger partial charge on any atom is 0.167 e. The highest BCUT2D eigenvalue weighted by atomic mass is 79.9. The minimum Gasteiger partial charge on any atom is -0.496 e. The summed E-state index contributed by atoms with van der Waals surface area (Å²) in [6.07, 6.45) is 5.28. The number of fused-ring (bicyclic) bond motifs is 1. The van der Waals surface area contributed by atoms with Crippen molar-refractivity contribution in [2.45, 2.75) is 39.0 Å². The average molecular weight is 325 g/mol. The number of benzene rings is 1. The van der Waals surface area contributed by atoms with Gasteiger partial charge < -0.3 is 4.74 Å². The number of methoxy groups -OCH3 is 1. The Bertz CT molecular complexity index is 464. The van der Waals surface area contributed by atoms with E-state index in [9.17, 15) is 4.79 Å². The lowest BCUT2D eigenvalue weighted by molar-refractivity contribution is 0.0929. The van der Waals surface area contributed by atoms with Crippen molar-refractivity contribution in [2.75, 3.05) is 12.4 Å². The van der Waals surface area contributed by atoms with Gasteiger partial charge in [0.1, 0.15) is 5.75 Å². The Balaban J connectivity index is 2.44. The minimum absolute atomic E-state index is 0.0828. The maximum absolute atomic E-state index is 12.6. The Kier molecular flexibility index (Phi) is 5.03. The zero-order chi connectivity index (χ0) is 13.8. The molecule has 1 aromatic carbocycles. The molecule has 2 rings (SSSR count). The molecule has 19 heavy (non-hydrogen) atoms. The number of rotatable bonds is 5. The van der Waals surface area contributed by atoms with Gasteiger partial charge in [0, 0.05) is 16.8 Å². The van der Waals surface area contributed by atoms with Crippen LogP contribution >= 0.6 is 15.9 Å². The first-order chi connectivity index (χ1) is 9.22.